The number of hydrogen-bond donors (Lipinski definition) is 2. The summed E-state index contributed by atoms with van der Waals surface area (Å²) in [6.45, 7) is 2.34. The van der Waals surface area contributed by atoms with E-state index >= 15 is 0 Å². The van der Waals surface area contributed by atoms with Crippen molar-refractivity contribution < 1.29 is 9.84 Å². The van der Waals surface area contributed by atoms with E-state index in [4.69, 9.17) is 4.74 Å². The van der Waals surface area contributed by atoms with E-state index < -0.39 is 0 Å². The highest BCUT2D eigenvalue weighted by atomic mass is 79.9. The van der Waals surface area contributed by atoms with E-state index in [0.717, 1.165) is 20.9 Å². The van der Waals surface area contributed by atoms with E-state index in [1.165, 1.54) is 11.3 Å². The van der Waals surface area contributed by atoms with Crippen LogP contribution in [0.4, 0.5) is 5.13 Å². The summed E-state index contributed by atoms with van der Waals surface area (Å²) in [5, 5.41) is 14.8. The van der Waals surface area contributed by atoms with Crippen LogP contribution in [-0.2, 0) is 0 Å². The van der Waals surface area contributed by atoms with Crippen molar-refractivity contribution in [3.8, 4) is 11.5 Å². The molecule has 0 radical (unpaired) electrons. The minimum atomic E-state index is 0.0862. The quantitative estimate of drug-likeness (QED) is 0.492. The zero-order chi connectivity index (χ0) is 16.2. The van der Waals surface area contributed by atoms with Gasteiger partial charge in [0.1, 0.15) is 0 Å². The third-order valence-corrected chi connectivity index (χ3v) is 4.56. The second kappa shape index (κ2) is 6.97. The largest absolute Gasteiger partial charge is 0.503 e. The SMILES string of the molecule is CCOc1cc(/C=N/Nc2nc3ccccc3s2)cc(Br)c1O. The summed E-state index contributed by atoms with van der Waals surface area (Å²) in [6, 6.07) is 11.4. The number of anilines is 1. The fourth-order valence-electron chi connectivity index (χ4n) is 2.02. The predicted molar refractivity (Wildman–Crippen MR) is 97.8 cm³/mol. The molecule has 0 amide bonds. The molecule has 1 heterocycles. The maximum atomic E-state index is 9.90. The zero-order valence-electron chi connectivity index (χ0n) is 12.3. The molecule has 0 spiro atoms. The van der Waals surface area contributed by atoms with E-state index in [9.17, 15) is 5.11 Å². The van der Waals surface area contributed by atoms with Crippen LogP contribution in [-0.4, -0.2) is 22.9 Å². The Morgan fingerprint density at radius 1 is 1.39 bits per heavy atom. The number of hydrazone groups is 1. The number of thiazole rings is 1. The lowest BCUT2D eigenvalue weighted by Gasteiger charge is -2.08. The Morgan fingerprint density at radius 2 is 2.22 bits per heavy atom. The van der Waals surface area contributed by atoms with Gasteiger partial charge >= 0.3 is 0 Å². The Labute approximate surface area is 145 Å². The van der Waals surface area contributed by atoms with Crippen molar-refractivity contribution in [1.29, 1.82) is 0 Å². The Hall–Kier alpha value is -2.12. The van der Waals surface area contributed by atoms with Crippen molar-refractivity contribution in [3.63, 3.8) is 0 Å². The number of phenolic OH excluding ortho intramolecular Hbond substituents is 1. The summed E-state index contributed by atoms with van der Waals surface area (Å²) in [5.74, 6) is 0.506. The zero-order valence-corrected chi connectivity index (χ0v) is 14.7. The van der Waals surface area contributed by atoms with Gasteiger partial charge in [-0.1, -0.05) is 23.5 Å². The van der Waals surface area contributed by atoms with Gasteiger partial charge in [0.15, 0.2) is 11.5 Å². The molecule has 1 aromatic heterocycles. The number of fused-ring (bicyclic) bond motifs is 1. The van der Waals surface area contributed by atoms with E-state index in [1.54, 1.807) is 18.3 Å². The number of halogens is 1. The molecule has 0 fully saturated rings. The number of rotatable bonds is 5. The first kappa shape index (κ1) is 15.8. The fourth-order valence-corrected chi connectivity index (χ4v) is 3.29. The number of aromatic nitrogens is 1. The van der Waals surface area contributed by atoms with Crippen LogP contribution in [0.2, 0.25) is 0 Å². The van der Waals surface area contributed by atoms with Crippen LogP contribution in [0.5, 0.6) is 11.5 Å². The second-order valence-corrected chi connectivity index (χ2v) is 6.52. The van der Waals surface area contributed by atoms with Gasteiger partial charge in [0, 0.05) is 0 Å². The van der Waals surface area contributed by atoms with Gasteiger partial charge in [0.25, 0.3) is 0 Å². The number of benzene rings is 2. The molecular weight excluding hydrogens is 378 g/mol. The van der Waals surface area contributed by atoms with Crippen LogP contribution in [0.1, 0.15) is 12.5 Å². The summed E-state index contributed by atoms with van der Waals surface area (Å²) in [7, 11) is 0. The summed E-state index contributed by atoms with van der Waals surface area (Å²) < 4.78 is 7.06. The fraction of sp³-hybridized carbons (Fsp3) is 0.125. The summed E-state index contributed by atoms with van der Waals surface area (Å²) in [6.07, 6.45) is 1.65. The Balaban J connectivity index is 1.77. The van der Waals surface area contributed by atoms with E-state index in [0.29, 0.717) is 16.8 Å². The molecule has 0 bridgehead atoms. The molecule has 0 aliphatic heterocycles. The van der Waals surface area contributed by atoms with Crippen LogP contribution in [0.25, 0.3) is 10.2 Å². The molecule has 5 nitrogen and oxygen atoms in total. The Morgan fingerprint density at radius 3 is 3.00 bits per heavy atom. The van der Waals surface area contributed by atoms with Gasteiger partial charge in [0.05, 0.1) is 27.5 Å². The van der Waals surface area contributed by atoms with Gasteiger partial charge in [0.2, 0.25) is 5.13 Å². The second-order valence-electron chi connectivity index (χ2n) is 4.64. The molecule has 2 aromatic carbocycles. The monoisotopic (exact) mass is 391 g/mol. The van der Waals surface area contributed by atoms with Crippen molar-refractivity contribution >= 4 is 48.8 Å². The minimum absolute atomic E-state index is 0.0862. The van der Waals surface area contributed by atoms with Crippen LogP contribution in [0.15, 0.2) is 46.0 Å². The average Bonchev–Trinajstić information content (AvgIpc) is 2.95. The van der Waals surface area contributed by atoms with Gasteiger partial charge in [-0.3, -0.25) is 5.43 Å². The van der Waals surface area contributed by atoms with Crippen molar-refractivity contribution in [2.75, 3.05) is 12.0 Å². The molecule has 7 heteroatoms. The van der Waals surface area contributed by atoms with Crippen LogP contribution >= 0.6 is 27.3 Å². The predicted octanol–water partition coefficient (Wildman–Crippen LogP) is 4.61. The normalized spacial score (nSPS) is 11.2. The molecule has 0 saturated carbocycles. The number of aromatic hydroxyl groups is 1. The molecule has 0 atom stereocenters. The lowest BCUT2D eigenvalue weighted by atomic mass is 10.2. The highest BCUT2D eigenvalue weighted by Gasteiger charge is 2.08. The third-order valence-electron chi connectivity index (χ3n) is 3.02. The lowest BCUT2D eigenvalue weighted by molar-refractivity contribution is 0.317. The number of ether oxygens (including phenoxy) is 1. The molecule has 0 aliphatic rings. The van der Waals surface area contributed by atoms with Crippen LogP contribution in [0.3, 0.4) is 0 Å². The first-order chi connectivity index (χ1) is 11.2. The molecule has 2 N–H and O–H groups in total. The van der Waals surface area contributed by atoms with Crippen molar-refractivity contribution in [2.45, 2.75) is 6.92 Å². The number of nitrogens with one attached hydrogen (secondary N) is 1. The molecule has 0 unspecified atom stereocenters. The number of para-hydroxylation sites is 1. The summed E-state index contributed by atoms with van der Waals surface area (Å²) >= 11 is 4.84. The summed E-state index contributed by atoms with van der Waals surface area (Å²) in [5.41, 5.74) is 4.67. The maximum Gasteiger partial charge on any atom is 0.204 e. The highest BCUT2D eigenvalue weighted by Crippen LogP contribution is 2.35. The van der Waals surface area contributed by atoms with Gasteiger partial charge in [-0.15, -0.1) is 0 Å². The number of nitrogens with zero attached hydrogens (tertiary/aromatic N) is 2. The van der Waals surface area contributed by atoms with E-state index in [2.05, 4.69) is 31.4 Å². The Bertz CT molecular complexity index is 831. The molecule has 3 aromatic rings. The highest BCUT2D eigenvalue weighted by molar-refractivity contribution is 9.10. The maximum absolute atomic E-state index is 9.90. The first-order valence-electron chi connectivity index (χ1n) is 6.97. The standard InChI is InChI=1S/C16H14BrN3O2S/c1-2-22-13-8-10(7-11(17)15(13)21)9-18-20-16-19-12-5-3-4-6-14(12)23-16/h3-9,21H,2H2,1H3,(H,19,20)/b18-9+. The van der Waals surface area contributed by atoms with Crippen molar-refractivity contribution in [1.82, 2.24) is 4.98 Å². The average molecular weight is 392 g/mol. The van der Waals surface area contributed by atoms with E-state index in [-0.39, 0.29) is 5.75 Å². The molecule has 0 aliphatic carbocycles. The van der Waals surface area contributed by atoms with Crippen LogP contribution in [0, 0.1) is 0 Å². The smallest absolute Gasteiger partial charge is 0.204 e. The topological polar surface area (TPSA) is 66.7 Å². The van der Waals surface area contributed by atoms with Crippen molar-refractivity contribution in [3.05, 3.63) is 46.4 Å². The molecule has 3 rings (SSSR count). The van der Waals surface area contributed by atoms with Crippen LogP contribution < -0.4 is 10.2 Å². The number of phenols is 1. The minimum Gasteiger partial charge on any atom is -0.503 e. The molecule has 118 valence electrons. The van der Waals surface area contributed by atoms with Gasteiger partial charge < -0.3 is 9.84 Å². The van der Waals surface area contributed by atoms with Gasteiger partial charge in [-0.25, -0.2) is 4.98 Å². The lowest BCUT2D eigenvalue weighted by Crippen LogP contribution is -1.95. The van der Waals surface area contributed by atoms with Gasteiger partial charge in [-0.05, 0) is 52.7 Å². The molecule has 0 saturated heterocycles. The number of hydrogen-bond acceptors (Lipinski definition) is 6. The third kappa shape index (κ3) is 3.62. The first-order valence-corrected chi connectivity index (χ1v) is 8.58. The molecule has 23 heavy (non-hydrogen) atoms. The molecular formula is C16H14BrN3O2S. The summed E-state index contributed by atoms with van der Waals surface area (Å²) in [4.78, 5) is 4.44. The van der Waals surface area contributed by atoms with E-state index in [1.807, 2.05) is 31.2 Å². The Kier molecular flexibility index (Phi) is 4.78. The van der Waals surface area contributed by atoms with Gasteiger partial charge in [-0.2, -0.15) is 5.10 Å². The van der Waals surface area contributed by atoms with Crippen molar-refractivity contribution in [2.24, 2.45) is 5.10 Å².